The summed E-state index contributed by atoms with van der Waals surface area (Å²) in [5.74, 6) is 1.95. The van der Waals surface area contributed by atoms with Crippen LogP contribution in [0.3, 0.4) is 0 Å². The van der Waals surface area contributed by atoms with Gasteiger partial charge in [-0.2, -0.15) is 0 Å². The minimum atomic E-state index is 0.413. The van der Waals surface area contributed by atoms with Crippen molar-refractivity contribution in [3.8, 4) is 0 Å². The maximum Gasteiger partial charge on any atom is 0.169 e. The first kappa shape index (κ1) is 11.3. The highest BCUT2D eigenvalue weighted by atomic mass is 15.1. The van der Waals surface area contributed by atoms with Crippen molar-refractivity contribution in [2.45, 2.75) is 32.2 Å². The van der Waals surface area contributed by atoms with Gasteiger partial charge in [-0.05, 0) is 37.8 Å². The molecular weight excluding hydrogens is 224 g/mol. The predicted molar refractivity (Wildman–Crippen MR) is 74.4 cm³/mol. The molecule has 4 nitrogen and oxygen atoms in total. The summed E-state index contributed by atoms with van der Waals surface area (Å²) in [5.41, 5.74) is 7.69. The van der Waals surface area contributed by atoms with E-state index < -0.39 is 0 Å². The summed E-state index contributed by atoms with van der Waals surface area (Å²) >= 11 is 0. The first-order valence-corrected chi connectivity index (χ1v) is 6.53. The number of nitrogen functional groups attached to an aromatic ring is 1. The molecule has 0 bridgehead atoms. The third kappa shape index (κ3) is 1.98. The summed E-state index contributed by atoms with van der Waals surface area (Å²) in [6, 6.07) is 8.21. The first-order valence-electron chi connectivity index (χ1n) is 6.53. The molecule has 1 saturated carbocycles. The molecule has 1 atom stereocenters. The number of anilines is 2. The first-order chi connectivity index (χ1) is 8.74. The van der Waals surface area contributed by atoms with E-state index in [2.05, 4.69) is 22.2 Å². The van der Waals surface area contributed by atoms with E-state index in [9.17, 15) is 0 Å². The number of para-hydroxylation sites is 2. The molecule has 1 aromatic carbocycles. The van der Waals surface area contributed by atoms with E-state index in [0.29, 0.717) is 17.7 Å². The second kappa shape index (κ2) is 4.44. The Morgan fingerprint density at radius 2 is 1.89 bits per heavy atom. The maximum absolute atomic E-state index is 5.96. The number of hydrogen-bond donors (Lipinski definition) is 2. The molecule has 18 heavy (non-hydrogen) atoms. The Labute approximate surface area is 107 Å². The number of nitrogens with one attached hydrogen (secondary N) is 1. The van der Waals surface area contributed by atoms with Crippen molar-refractivity contribution in [2.75, 3.05) is 11.1 Å². The lowest BCUT2D eigenvalue weighted by atomic mass is 9.80. The summed E-state index contributed by atoms with van der Waals surface area (Å²) < 4.78 is 0. The van der Waals surface area contributed by atoms with Gasteiger partial charge in [0.05, 0.1) is 11.0 Å². The average molecular weight is 242 g/mol. The number of rotatable bonds is 3. The molecule has 1 aliphatic carbocycles. The van der Waals surface area contributed by atoms with Crippen LogP contribution < -0.4 is 11.1 Å². The van der Waals surface area contributed by atoms with Gasteiger partial charge in [-0.1, -0.05) is 18.6 Å². The van der Waals surface area contributed by atoms with Crippen molar-refractivity contribution in [2.24, 2.45) is 5.92 Å². The van der Waals surface area contributed by atoms with Gasteiger partial charge in [-0.3, -0.25) is 0 Å². The van der Waals surface area contributed by atoms with Gasteiger partial charge in [0.25, 0.3) is 0 Å². The maximum atomic E-state index is 5.96. The lowest BCUT2D eigenvalue weighted by Crippen LogP contribution is -2.31. The van der Waals surface area contributed by atoms with Gasteiger partial charge in [0.1, 0.15) is 0 Å². The molecule has 2 aromatic rings. The monoisotopic (exact) mass is 242 g/mol. The van der Waals surface area contributed by atoms with Gasteiger partial charge in [0.15, 0.2) is 11.6 Å². The van der Waals surface area contributed by atoms with E-state index in [1.54, 1.807) is 0 Å². The zero-order valence-corrected chi connectivity index (χ0v) is 10.6. The quantitative estimate of drug-likeness (QED) is 0.868. The Bertz CT molecular complexity index is 563. The average Bonchev–Trinajstić information content (AvgIpc) is 2.27. The molecule has 1 fully saturated rings. The van der Waals surface area contributed by atoms with E-state index in [1.807, 2.05) is 24.3 Å². The molecule has 4 heteroatoms. The van der Waals surface area contributed by atoms with Gasteiger partial charge >= 0.3 is 0 Å². The Hall–Kier alpha value is -1.84. The molecule has 0 saturated heterocycles. The molecule has 0 radical (unpaired) electrons. The fourth-order valence-electron chi connectivity index (χ4n) is 2.39. The second-order valence-corrected chi connectivity index (χ2v) is 5.07. The van der Waals surface area contributed by atoms with Crippen molar-refractivity contribution in [3.05, 3.63) is 24.3 Å². The molecule has 1 unspecified atom stereocenters. The molecule has 1 aliphatic rings. The van der Waals surface area contributed by atoms with Gasteiger partial charge in [0, 0.05) is 6.04 Å². The molecule has 1 aromatic heterocycles. The molecule has 0 aliphatic heterocycles. The van der Waals surface area contributed by atoms with Crippen molar-refractivity contribution >= 4 is 22.7 Å². The molecule has 3 N–H and O–H groups in total. The number of benzene rings is 1. The van der Waals surface area contributed by atoms with Crippen molar-refractivity contribution in [1.29, 1.82) is 0 Å². The summed E-state index contributed by atoms with van der Waals surface area (Å²) in [5, 5.41) is 3.41. The number of aromatic nitrogens is 2. The van der Waals surface area contributed by atoms with Crippen LogP contribution in [0.4, 0.5) is 11.6 Å². The summed E-state index contributed by atoms with van der Waals surface area (Å²) in [6.07, 6.45) is 3.94. The molecule has 1 heterocycles. The SMILES string of the molecule is CC(Nc1nc2ccccc2nc1N)C1CCC1. The van der Waals surface area contributed by atoms with E-state index in [0.717, 1.165) is 17.0 Å². The fourth-order valence-corrected chi connectivity index (χ4v) is 2.39. The zero-order chi connectivity index (χ0) is 12.5. The van der Waals surface area contributed by atoms with E-state index in [-0.39, 0.29) is 0 Å². The fraction of sp³-hybridized carbons (Fsp3) is 0.429. The molecule has 0 amide bonds. The summed E-state index contributed by atoms with van der Waals surface area (Å²) in [7, 11) is 0. The van der Waals surface area contributed by atoms with E-state index in [4.69, 9.17) is 5.73 Å². The summed E-state index contributed by atoms with van der Waals surface area (Å²) in [6.45, 7) is 2.19. The second-order valence-electron chi connectivity index (χ2n) is 5.07. The highest BCUT2D eigenvalue weighted by Crippen LogP contribution is 2.31. The number of nitrogens with zero attached hydrogens (tertiary/aromatic N) is 2. The van der Waals surface area contributed by atoms with Crippen LogP contribution in [0.25, 0.3) is 11.0 Å². The smallest absolute Gasteiger partial charge is 0.169 e. The van der Waals surface area contributed by atoms with Crippen molar-refractivity contribution in [3.63, 3.8) is 0 Å². The Kier molecular flexibility index (Phi) is 2.78. The standard InChI is InChI=1S/C14H18N4/c1-9(10-5-4-6-10)16-14-13(15)17-11-7-2-3-8-12(11)18-14/h2-3,7-10H,4-6H2,1H3,(H2,15,17)(H,16,18). The highest BCUT2D eigenvalue weighted by molar-refractivity contribution is 5.79. The van der Waals surface area contributed by atoms with Gasteiger partial charge in [-0.15, -0.1) is 0 Å². The zero-order valence-electron chi connectivity index (χ0n) is 10.6. The summed E-state index contributed by atoms with van der Waals surface area (Å²) in [4.78, 5) is 8.94. The topological polar surface area (TPSA) is 63.8 Å². The molecule has 3 rings (SSSR count). The third-order valence-corrected chi connectivity index (χ3v) is 3.82. The van der Waals surface area contributed by atoms with Crippen LogP contribution in [0.5, 0.6) is 0 Å². The van der Waals surface area contributed by atoms with Crippen LogP contribution in [-0.4, -0.2) is 16.0 Å². The lowest BCUT2D eigenvalue weighted by molar-refractivity contribution is 0.285. The molecule has 0 spiro atoms. The minimum Gasteiger partial charge on any atom is -0.381 e. The largest absolute Gasteiger partial charge is 0.381 e. The van der Waals surface area contributed by atoms with Crippen LogP contribution in [0.15, 0.2) is 24.3 Å². The van der Waals surface area contributed by atoms with Gasteiger partial charge < -0.3 is 11.1 Å². The van der Waals surface area contributed by atoms with Crippen LogP contribution in [0.2, 0.25) is 0 Å². The predicted octanol–water partition coefficient (Wildman–Crippen LogP) is 2.81. The molecule has 94 valence electrons. The van der Waals surface area contributed by atoms with E-state index >= 15 is 0 Å². The highest BCUT2D eigenvalue weighted by Gasteiger charge is 2.24. The van der Waals surface area contributed by atoms with Gasteiger partial charge in [-0.25, -0.2) is 9.97 Å². The Morgan fingerprint density at radius 1 is 1.22 bits per heavy atom. The number of nitrogens with two attached hydrogens (primary N) is 1. The van der Waals surface area contributed by atoms with E-state index in [1.165, 1.54) is 19.3 Å². The van der Waals surface area contributed by atoms with Crippen molar-refractivity contribution in [1.82, 2.24) is 9.97 Å². The van der Waals surface area contributed by atoms with Crippen LogP contribution in [0, 0.1) is 5.92 Å². The Balaban J connectivity index is 1.88. The molecular formula is C14H18N4. The lowest BCUT2D eigenvalue weighted by Gasteiger charge is -2.32. The number of fused-ring (bicyclic) bond motifs is 1. The van der Waals surface area contributed by atoms with Crippen molar-refractivity contribution < 1.29 is 0 Å². The Morgan fingerprint density at radius 3 is 2.50 bits per heavy atom. The van der Waals surface area contributed by atoms with Crippen LogP contribution in [-0.2, 0) is 0 Å². The number of hydrogen-bond acceptors (Lipinski definition) is 4. The minimum absolute atomic E-state index is 0.413. The third-order valence-electron chi connectivity index (χ3n) is 3.82. The normalized spacial score (nSPS) is 17.4. The van der Waals surface area contributed by atoms with Gasteiger partial charge in [0.2, 0.25) is 0 Å². The van der Waals surface area contributed by atoms with Crippen LogP contribution >= 0.6 is 0 Å². The van der Waals surface area contributed by atoms with Crippen LogP contribution in [0.1, 0.15) is 26.2 Å².